The zero-order valence-electron chi connectivity index (χ0n) is 20.9. The standard InChI is InChI=1S/C22H29N3O2S.C4H6FNO/c1-15-20(28-14-24-15)17-9-7-16(8-10-17)13-23-21(27)18-6-5-11-25(18)19(26)12-22(2,3)4;5-4(1-2-4)3(6)7/h7-10,14,18H,5-6,11-13H2,1-4H3,(H,23,27);1-2H2,(H2,6,7). The van der Waals surface area contributed by atoms with E-state index in [2.05, 4.69) is 28.2 Å². The van der Waals surface area contributed by atoms with Gasteiger partial charge in [-0.2, -0.15) is 0 Å². The number of likely N-dealkylation sites (tertiary alicyclic amines) is 1. The van der Waals surface area contributed by atoms with Gasteiger partial charge in [0.1, 0.15) is 6.04 Å². The van der Waals surface area contributed by atoms with Gasteiger partial charge in [-0.3, -0.25) is 14.4 Å². The third-order valence-electron chi connectivity index (χ3n) is 6.12. The molecule has 1 aromatic heterocycles. The third kappa shape index (κ3) is 7.34. The molecule has 1 saturated heterocycles. The molecule has 0 spiro atoms. The van der Waals surface area contributed by atoms with Crippen molar-refractivity contribution < 1.29 is 18.8 Å². The van der Waals surface area contributed by atoms with E-state index in [1.165, 1.54) is 4.88 Å². The Morgan fingerprint density at radius 3 is 2.37 bits per heavy atom. The van der Waals surface area contributed by atoms with Gasteiger partial charge in [0.05, 0.1) is 16.1 Å². The monoisotopic (exact) mass is 502 g/mol. The molecule has 9 heteroatoms. The number of halogens is 1. The Hall–Kier alpha value is -2.81. The van der Waals surface area contributed by atoms with Crippen molar-refractivity contribution in [3.8, 4) is 10.4 Å². The fraction of sp³-hybridized carbons (Fsp3) is 0.538. The summed E-state index contributed by atoms with van der Waals surface area (Å²) in [4.78, 5) is 42.4. The van der Waals surface area contributed by atoms with E-state index < -0.39 is 11.6 Å². The van der Waals surface area contributed by atoms with Gasteiger partial charge in [0, 0.05) is 19.5 Å². The average molecular weight is 503 g/mol. The fourth-order valence-electron chi connectivity index (χ4n) is 3.91. The van der Waals surface area contributed by atoms with E-state index in [-0.39, 0.29) is 23.3 Å². The fourth-order valence-corrected chi connectivity index (χ4v) is 4.72. The van der Waals surface area contributed by atoms with Crippen LogP contribution in [0.2, 0.25) is 0 Å². The van der Waals surface area contributed by atoms with Crippen LogP contribution < -0.4 is 11.1 Å². The second-order valence-electron chi connectivity index (χ2n) is 10.5. The van der Waals surface area contributed by atoms with E-state index in [9.17, 15) is 18.8 Å². The second-order valence-corrected chi connectivity index (χ2v) is 11.3. The first-order chi connectivity index (χ1) is 16.4. The van der Waals surface area contributed by atoms with Crippen LogP contribution in [0.4, 0.5) is 4.39 Å². The lowest BCUT2D eigenvalue weighted by molar-refractivity contribution is -0.139. The number of carbonyl (C=O) groups excluding carboxylic acids is 3. The maximum atomic E-state index is 12.7. The van der Waals surface area contributed by atoms with Crippen LogP contribution >= 0.6 is 11.3 Å². The number of benzene rings is 1. The molecule has 1 saturated carbocycles. The van der Waals surface area contributed by atoms with Gasteiger partial charge in [-0.25, -0.2) is 9.37 Å². The molecule has 2 aromatic rings. The summed E-state index contributed by atoms with van der Waals surface area (Å²) >= 11 is 1.63. The number of aryl methyl sites for hydroxylation is 1. The van der Waals surface area contributed by atoms with E-state index in [0.29, 0.717) is 32.4 Å². The molecule has 0 bridgehead atoms. The quantitative estimate of drug-likeness (QED) is 0.619. The number of alkyl halides is 1. The van der Waals surface area contributed by atoms with Crippen molar-refractivity contribution in [3.05, 3.63) is 41.0 Å². The average Bonchev–Trinajstić information content (AvgIpc) is 3.18. The first-order valence-corrected chi connectivity index (χ1v) is 12.8. The van der Waals surface area contributed by atoms with E-state index in [1.807, 2.05) is 45.3 Å². The molecule has 1 aliphatic heterocycles. The molecule has 2 aliphatic rings. The van der Waals surface area contributed by atoms with Crippen molar-refractivity contribution >= 4 is 29.1 Å². The molecule has 2 heterocycles. The smallest absolute Gasteiger partial charge is 0.255 e. The summed E-state index contributed by atoms with van der Waals surface area (Å²) < 4.78 is 12.1. The van der Waals surface area contributed by atoms with Gasteiger partial charge < -0.3 is 16.0 Å². The number of aromatic nitrogens is 1. The number of nitrogens with zero attached hydrogens (tertiary/aromatic N) is 2. The predicted octanol–water partition coefficient (Wildman–Crippen LogP) is 4.14. The lowest BCUT2D eigenvalue weighted by Crippen LogP contribution is -2.46. The van der Waals surface area contributed by atoms with Crippen molar-refractivity contribution in [2.24, 2.45) is 11.1 Å². The molecule has 3 N–H and O–H groups in total. The van der Waals surface area contributed by atoms with Crippen LogP contribution in [0, 0.1) is 12.3 Å². The van der Waals surface area contributed by atoms with Gasteiger partial charge in [-0.05, 0) is 49.1 Å². The minimum Gasteiger partial charge on any atom is -0.367 e. The summed E-state index contributed by atoms with van der Waals surface area (Å²) in [6, 6.07) is 7.86. The summed E-state index contributed by atoms with van der Waals surface area (Å²) in [6.07, 6.45) is 2.74. The minimum absolute atomic E-state index is 0.0536. The molecule has 4 rings (SSSR count). The Bertz CT molecular complexity index is 1060. The van der Waals surface area contributed by atoms with Crippen molar-refractivity contribution in [2.45, 2.75) is 78.1 Å². The molecule has 3 amide bonds. The number of rotatable bonds is 6. The highest BCUT2D eigenvalue weighted by Gasteiger charge is 2.49. The molecule has 2 fully saturated rings. The first kappa shape index (κ1) is 26.8. The Labute approximate surface area is 210 Å². The normalized spacial score (nSPS) is 18.4. The molecule has 7 nitrogen and oxygen atoms in total. The molecule has 1 aliphatic carbocycles. The number of primary amides is 1. The largest absolute Gasteiger partial charge is 0.367 e. The van der Waals surface area contributed by atoms with Crippen LogP contribution in [-0.4, -0.2) is 45.9 Å². The molecule has 1 aromatic carbocycles. The Kier molecular flexibility index (Phi) is 8.30. The Morgan fingerprint density at radius 1 is 1.23 bits per heavy atom. The van der Waals surface area contributed by atoms with Crippen LogP contribution in [0.5, 0.6) is 0 Å². The first-order valence-electron chi connectivity index (χ1n) is 11.9. The highest BCUT2D eigenvalue weighted by Crippen LogP contribution is 2.38. The van der Waals surface area contributed by atoms with Gasteiger partial charge in [-0.1, -0.05) is 45.0 Å². The zero-order chi connectivity index (χ0) is 25.8. The number of nitrogens with one attached hydrogen (secondary N) is 1. The topological polar surface area (TPSA) is 105 Å². The number of amides is 3. The number of thiazole rings is 1. The third-order valence-corrected chi connectivity index (χ3v) is 7.09. The molecule has 1 atom stereocenters. The molecular formula is C26H35FN4O3S. The molecule has 1 unspecified atom stereocenters. The number of carbonyl (C=O) groups is 3. The Balaban J connectivity index is 0.000000420. The summed E-state index contributed by atoms with van der Waals surface area (Å²) in [5.74, 6) is -0.788. The minimum atomic E-state index is -1.61. The van der Waals surface area contributed by atoms with E-state index in [1.54, 1.807) is 16.2 Å². The number of nitrogens with two attached hydrogens (primary N) is 1. The summed E-state index contributed by atoms with van der Waals surface area (Å²) in [5, 5.41) is 3.01. The van der Waals surface area contributed by atoms with E-state index in [0.717, 1.165) is 29.7 Å². The maximum Gasteiger partial charge on any atom is 0.255 e. The van der Waals surface area contributed by atoms with Gasteiger partial charge in [0.2, 0.25) is 11.8 Å². The molecule has 35 heavy (non-hydrogen) atoms. The summed E-state index contributed by atoms with van der Waals surface area (Å²) in [6.45, 7) is 9.30. The summed E-state index contributed by atoms with van der Waals surface area (Å²) in [5.41, 5.74) is 8.01. The van der Waals surface area contributed by atoms with E-state index >= 15 is 0 Å². The maximum absolute atomic E-state index is 12.7. The van der Waals surface area contributed by atoms with Crippen molar-refractivity contribution in [3.63, 3.8) is 0 Å². The lowest BCUT2D eigenvalue weighted by atomic mass is 9.91. The molecule has 0 radical (unpaired) electrons. The van der Waals surface area contributed by atoms with Crippen LogP contribution in [0.25, 0.3) is 10.4 Å². The van der Waals surface area contributed by atoms with Gasteiger partial charge in [0.25, 0.3) is 5.91 Å². The Morgan fingerprint density at radius 2 is 1.89 bits per heavy atom. The van der Waals surface area contributed by atoms with Crippen LogP contribution in [0.1, 0.15) is 64.1 Å². The zero-order valence-corrected chi connectivity index (χ0v) is 21.7. The van der Waals surface area contributed by atoms with Gasteiger partial charge in [0.15, 0.2) is 5.67 Å². The van der Waals surface area contributed by atoms with Crippen molar-refractivity contribution in [1.82, 2.24) is 15.2 Å². The van der Waals surface area contributed by atoms with Gasteiger partial charge >= 0.3 is 0 Å². The SMILES string of the molecule is Cc1ncsc1-c1ccc(CNC(=O)C2CCCN2C(=O)CC(C)(C)C)cc1.NC(=O)C1(F)CC1. The van der Waals surface area contributed by atoms with E-state index in [4.69, 9.17) is 0 Å². The van der Waals surface area contributed by atoms with Crippen molar-refractivity contribution in [1.29, 1.82) is 0 Å². The summed E-state index contributed by atoms with van der Waals surface area (Å²) in [7, 11) is 0. The second kappa shape index (κ2) is 10.8. The predicted molar refractivity (Wildman–Crippen MR) is 135 cm³/mol. The van der Waals surface area contributed by atoms with Crippen LogP contribution in [-0.2, 0) is 20.9 Å². The molecular weight excluding hydrogens is 467 g/mol. The number of hydrogen-bond donors (Lipinski definition) is 2. The van der Waals surface area contributed by atoms with Gasteiger partial charge in [-0.15, -0.1) is 11.3 Å². The lowest BCUT2D eigenvalue weighted by Gasteiger charge is -2.27. The highest BCUT2D eigenvalue weighted by molar-refractivity contribution is 7.13. The number of hydrogen-bond acceptors (Lipinski definition) is 5. The van der Waals surface area contributed by atoms with Crippen molar-refractivity contribution in [2.75, 3.05) is 6.54 Å². The van der Waals surface area contributed by atoms with Crippen LogP contribution in [0.3, 0.4) is 0 Å². The van der Waals surface area contributed by atoms with Crippen LogP contribution in [0.15, 0.2) is 29.8 Å². The molecule has 190 valence electrons. The highest BCUT2D eigenvalue weighted by atomic mass is 32.1.